The lowest BCUT2D eigenvalue weighted by Gasteiger charge is -2.10. The summed E-state index contributed by atoms with van der Waals surface area (Å²) < 4.78 is 21.5. The molecule has 0 N–H and O–H groups in total. The Bertz CT molecular complexity index is 985. The normalized spacial score (nSPS) is 10.5. The van der Waals surface area contributed by atoms with E-state index in [0.29, 0.717) is 34.0 Å². The molecule has 1 aromatic heterocycles. The van der Waals surface area contributed by atoms with Gasteiger partial charge in [0.15, 0.2) is 0 Å². The number of carbonyl (C=O) groups is 1. The standard InChI is InChI=1S/C19H16O6/c1-11-19(25-14-6-4-13(22-3)5-7-14)18(21)16-9-8-15(24-12(2)20)10-17(16)23-11/h4-10H,1-3H3. The van der Waals surface area contributed by atoms with E-state index in [1.807, 2.05) is 0 Å². The molecule has 0 radical (unpaired) electrons. The number of methoxy groups -OCH3 is 1. The van der Waals surface area contributed by atoms with Gasteiger partial charge in [-0.2, -0.15) is 0 Å². The molecular formula is C19H16O6. The minimum atomic E-state index is -0.446. The van der Waals surface area contributed by atoms with Gasteiger partial charge in [-0.25, -0.2) is 0 Å². The molecule has 128 valence electrons. The second-order valence-corrected chi connectivity index (χ2v) is 5.35. The molecular weight excluding hydrogens is 324 g/mol. The summed E-state index contributed by atoms with van der Waals surface area (Å²) in [6.45, 7) is 2.94. The van der Waals surface area contributed by atoms with Crippen LogP contribution in [0.2, 0.25) is 0 Å². The molecule has 0 bridgehead atoms. The summed E-state index contributed by atoms with van der Waals surface area (Å²) in [4.78, 5) is 23.7. The molecule has 0 amide bonds. The zero-order valence-electron chi connectivity index (χ0n) is 14.0. The van der Waals surface area contributed by atoms with Crippen LogP contribution in [0.1, 0.15) is 12.7 Å². The van der Waals surface area contributed by atoms with Crippen molar-refractivity contribution in [2.24, 2.45) is 0 Å². The van der Waals surface area contributed by atoms with E-state index in [4.69, 9.17) is 18.6 Å². The quantitative estimate of drug-likeness (QED) is 0.531. The van der Waals surface area contributed by atoms with Gasteiger partial charge in [0.25, 0.3) is 0 Å². The first kappa shape index (κ1) is 16.6. The molecule has 0 spiro atoms. The van der Waals surface area contributed by atoms with Gasteiger partial charge in [0.05, 0.1) is 12.5 Å². The first-order chi connectivity index (χ1) is 12.0. The summed E-state index contributed by atoms with van der Waals surface area (Å²) in [7, 11) is 1.57. The average Bonchev–Trinajstić information content (AvgIpc) is 2.58. The molecule has 3 aromatic rings. The summed E-state index contributed by atoms with van der Waals surface area (Å²) in [5.74, 6) is 1.48. The van der Waals surface area contributed by atoms with E-state index in [2.05, 4.69) is 0 Å². The van der Waals surface area contributed by atoms with E-state index >= 15 is 0 Å². The highest BCUT2D eigenvalue weighted by molar-refractivity contribution is 5.81. The van der Waals surface area contributed by atoms with E-state index in [0.717, 1.165) is 0 Å². The van der Waals surface area contributed by atoms with E-state index in [9.17, 15) is 9.59 Å². The van der Waals surface area contributed by atoms with Gasteiger partial charge in [0.1, 0.15) is 28.6 Å². The van der Waals surface area contributed by atoms with Gasteiger partial charge in [-0.3, -0.25) is 9.59 Å². The van der Waals surface area contributed by atoms with Crippen LogP contribution < -0.4 is 19.6 Å². The number of esters is 1. The Labute approximate surface area is 143 Å². The first-order valence-corrected chi connectivity index (χ1v) is 7.55. The molecule has 0 saturated heterocycles. The molecule has 2 aromatic carbocycles. The number of ether oxygens (including phenoxy) is 3. The van der Waals surface area contributed by atoms with E-state index < -0.39 is 5.97 Å². The third-order valence-corrected chi connectivity index (χ3v) is 3.53. The number of benzene rings is 2. The van der Waals surface area contributed by atoms with Crippen LogP contribution in [0.25, 0.3) is 11.0 Å². The number of hydrogen-bond donors (Lipinski definition) is 0. The highest BCUT2D eigenvalue weighted by Crippen LogP contribution is 2.28. The van der Waals surface area contributed by atoms with E-state index in [1.165, 1.54) is 19.1 Å². The number of fused-ring (bicyclic) bond motifs is 1. The monoisotopic (exact) mass is 340 g/mol. The average molecular weight is 340 g/mol. The van der Waals surface area contributed by atoms with Crippen LogP contribution in [0, 0.1) is 6.92 Å². The lowest BCUT2D eigenvalue weighted by molar-refractivity contribution is -0.131. The van der Waals surface area contributed by atoms with Crippen LogP contribution in [0.4, 0.5) is 0 Å². The molecule has 0 aliphatic rings. The van der Waals surface area contributed by atoms with Gasteiger partial charge < -0.3 is 18.6 Å². The van der Waals surface area contributed by atoms with Crippen molar-refractivity contribution in [1.29, 1.82) is 0 Å². The van der Waals surface area contributed by atoms with Gasteiger partial charge in [-0.15, -0.1) is 0 Å². The van der Waals surface area contributed by atoms with Gasteiger partial charge in [0.2, 0.25) is 11.2 Å². The van der Waals surface area contributed by atoms with Crippen molar-refractivity contribution in [3.63, 3.8) is 0 Å². The van der Waals surface area contributed by atoms with Crippen molar-refractivity contribution < 1.29 is 23.4 Å². The number of rotatable bonds is 4. The summed E-state index contributed by atoms with van der Waals surface area (Å²) in [6.07, 6.45) is 0. The van der Waals surface area contributed by atoms with Crippen molar-refractivity contribution in [2.75, 3.05) is 7.11 Å². The van der Waals surface area contributed by atoms with Crippen LogP contribution in [-0.4, -0.2) is 13.1 Å². The third kappa shape index (κ3) is 3.47. The summed E-state index contributed by atoms with van der Waals surface area (Å²) in [5.41, 5.74) is 0.0206. The molecule has 0 unspecified atom stereocenters. The molecule has 0 aliphatic carbocycles. The Balaban J connectivity index is 2.00. The minimum Gasteiger partial charge on any atom is -0.497 e. The molecule has 0 aliphatic heterocycles. The Morgan fingerprint density at radius 3 is 2.28 bits per heavy atom. The number of carbonyl (C=O) groups excluding carboxylic acids is 1. The van der Waals surface area contributed by atoms with Crippen molar-refractivity contribution in [3.05, 3.63) is 58.4 Å². The molecule has 3 rings (SSSR count). The molecule has 0 atom stereocenters. The molecule has 25 heavy (non-hydrogen) atoms. The van der Waals surface area contributed by atoms with Gasteiger partial charge in [-0.1, -0.05) is 0 Å². The topological polar surface area (TPSA) is 75.0 Å². The fourth-order valence-corrected chi connectivity index (χ4v) is 2.38. The van der Waals surface area contributed by atoms with Crippen LogP contribution >= 0.6 is 0 Å². The maximum atomic E-state index is 12.7. The molecule has 0 saturated carbocycles. The van der Waals surface area contributed by atoms with Gasteiger partial charge in [-0.05, 0) is 43.3 Å². The number of hydrogen-bond acceptors (Lipinski definition) is 6. The SMILES string of the molecule is COc1ccc(Oc2c(C)oc3cc(OC(C)=O)ccc3c2=O)cc1. The maximum Gasteiger partial charge on any atom is 0.308 e. The second kappa shape index (κ2) is 6.68. The maximum absolute atomic E-state index is 12.7. The lowest BCUT2D eigenvalue weighted by atomic mass is 10.2. The molecule has 6 heteroatoms. The Hall–Kier alpha value is -3.28. The smallest absolute Gasteiger partial charge is 0.308 e. The Morgan fingerprint density at radius 1 is 1.00 bits per heavy atom. The van der Waals surface area contributed by atoms with Crippen LogP contribution in [0.5, 0.6) is 23.0 Å². The van der Waals surface area contributed by atoms with E-state index in [1.54, 1.807) is 44.4 Å². The summed E-state index contributed by atoms with van der Waals surface area (Å²) in [5, 5.41) is 0.338. The summed E-state index contributed by atoms with van der Waals surface area (Å²) >= 11 is 0. The Kier molecular flexibility index (Phi) is 4.43. The lowest BCUT2D eigenvalue weighted by Crippen LogP contribution is -2.08. The van der Waals surface area contributed by atoms with Crippen LogP contribution in [0.15, 0.2) is 51.7 Å². The van der Waals surface area contributed by atoms with Crippen molar-refractivity contribution >= 4 is 16.9 Å². The highest BCUT2D eigenvalue weighted by atomic mass is 16.5. The molecule has 0 fully saturated rings. The third-order valence-electron chi connectivity index (χ3n) is 3.53. The second-order valence-electron chi connectivity index (χ2n) is 5.35. The van der Waals surface area contributed by atoms with Crippen molar-refractivity contribution in [3.8, 4) is 23.0 Å². The van der Waals surface area contributed by atoms with Crippen molar-refractivity contribution in [2.45, 2.75) is 13.8 Å². The van der Waals surface area contributed by atoms with Crippen molar-refractivity contribution in [1.82, 2.24) is 0 Å². The predicted molar refractivity (Wildman–Crippen MR) is 91.6 cm³/mol. The van der Waals surface area contributed by atoms with Gasteiger partial charge >= 0.3 is 5.97 Å². The number of aryl methyl sites for hydroxylation is 1. The fraction of sp³-hybridized carbons (Fsp3) is 0.158. The van der Waals surface area contributed by atoms with Gasteiger partial charge in [0, 0.05) is 13.0 Å². The Morgan fingerprint density at radius 2 is 1.64 bits per heavy atom. The highest BCUT2D eigenvalue weighted by Gasteiger charge is 2.15. The first-order valence-electron chi connectivity index (χ1n) is 7.55. The van der Waals surface area contributed by atoms with Crippen LogP contribution in [-0.2, 0) is 4.79 Å². The fourth-order valence-electron chi connectivity index (χ4n) is 2.38. The predicted octanol–water partition coefficient (Wildman–Crippen LogP) is 3.83. The van der Waals surface area contributed by atoms with Crippen LogP contribution in [0.3, 0.4) is 0 Å². The van der Waals surface area contributed by atoms with E-state index in [-0.39, 0.29) is 11.2 Å². The summed E-state index contributed by atoms with van der Waals surface area (Å²) in [6, 6.07) is 11.4. The zero-order valence-corrected chi connectivity index (χ0v) is 14.0. The zero-order chi connectivity index (χ0) is 18.0. The molecule has 6 nitrogen and oxygen atoms in total. The minimum absolute atomic E-state index is 0.109. The molecule has 1 heterocycles. The largest absolute Gasteiger partial charge is 0.497 e.